The Morgan fingerprint density at radius 3 is 2.23 bits per heavy atom. The molecule has 1 unspecified atom stereocenters. The first kappa shape index (κ1) is 15.1. The second kappa shape index (κ2) is 8.17. The average Bonchev–Trinajstić information content (AvgIpc) is 2.06. The number of halogens is 2. The average molecular weight is 224 g/mol. The Morgan fingerprint density at radius 2 is 1.77 bits per heavy atom. The van der Waals surface area contributed by atoms with Gasteiger partial charge in [0.15, 0.2) is 0 Å². The highest BCUT2D eigenvalue weighted by Crippen LogP contribution is 2.06. The summed E-state index contributed by atoms with van der Waals surface area (Å²) in [4.78, 5) is 0. The van der Waals surface area contributed by atoms with Gasteiger partial charge in [-0.3, -0.25) is 0 Å². The number of hydrogen-bond acceptors (Lipinski definition) is 2. The highest BCUT2D eigenvalue weighted by atomic mass is 35.5. The van der Waals surface area contributed by atoms with E-state index in [1.165, 1.54) is 0 Å². The zero-order valence-corrected chi connectivity index (χ0v) is 9.07. The monoisotopic (exact) mass is 223 g/mol. The van der Waals surface area contributed by atoms with Crippen molar-refractivity contribution in [3.8, 4) is 0 Å². The summed E-state index contributed by atoms with van der Waals surface area (Å²) in [5.74, 6) is 0. The molecular weight excluding hydrogens is 209 g/mol. The van der Waals surface area contributed by atoms with Crippen LogP contribution < -0.4 is 5.32 Å². The Morgan fingerprint density at radius 1 is 1.23 bits per heavy atom. The van der Waals surface area contributed by atoms with Gasteiger partial charge in [-0.05, 0) is 18.6 Å². The van der Waals surface area contributed by atoms with Crippen LogP contribution in [-0.2, 0) is 0 Å². The molecule has 1 atom stereocenters. The molecule has 0 amide bonds. The fourth-order valence-electron chi connectivity index (χ4n) is 0.829. The van der Waals surface area contributed by atoms with Crippen LogP contribution in [0.4, 0.5) is 5.69 Å². The van der Waals surface area contributed by atoms with Crippen LogP contribution >= 0.6 is 24.8 Å². The van der Waals surface area contributed by atoms with Gasteiger partial charge in [0.25, 0.3) is 0 Å². The van der Waals surface area contributed by atoms with Crippen molar-refractivity contribution in [1.82, 2.24) is 0 Å². The number of aliphatic hydroxyl groups is 1. The Labute approximate surface area is 91.2 Å². The van der Waals surface area contributed by atoms with Gasteiger partial charge in [-0.15, -0.1) is 24.8 Å². The molecule has 0 fully saturated rings. The van der Waals surface area contributed by atoms with Crippen molar-refractivity contribution in [3.05, 3.63) is 30.3 Å². The standard InChI is InChI=1S/C9H13NO.2ClH/c1-2-9(11)10-8-6-4-3-5-7-8;;/h3-7,9-11H,2H2,1H3;2*1H. The van der Waals surface area contributed by atoms with Crippen molar-refractivity contribution in [2.45, 2.75) is 19.6 Å². The van der Waals surface area contributed by atoms with Gasteiger partial charge in [0.05, 0.1) is 0 Å². The molecule has 0 radical (unpaired) electrons. The van der Waals surface area contributed by atoms with Crippen molar-refractivity contribution in [3.63, 3.8) is 0 Å². The molecule has 2 nitrogen and oxygen atoms in total. The van der Waals surface area contributed by atoms with Crippen LogP contribution in [0.15, 0.2) is 30.3 Å². The summed E-state index contributed by atoms with van der Waals surface area (Å²) in [6.45, 7) is 1.93. The van der Waals surface area contributed by atoms with Crippen molar-refractivity contribution in [1.29, 1.82) is 0 Å². The van der Waals surface area contributed by atoms with E-state index in [0.717, 1.165) is 12.1 Å². The summed E-state index contributed by atoms with van der Waals surface area (Å²) in [6.07, 6.45) is 0.284. The van der Waals surface area contributed by atoms with Crippen molar-refractivity contribution >= 4 is 30.5 Å². The minimum atomic E-state index is -0.433. The molecule has 0 aliphatic rings. The van der Waals surface area contributed by atoms with Crippen molar-refractivity contribution in [2.75, 3.05) is 5.32 Å². The molecule has 0 spiro atoms. The molecule has 0 saturated heterocycles. The van der Waals surface area contributed by atoms with E-state index in [-0.39, 0.29) is 24.8 Å². The molecule has 76 valence electrons. The van der Waals surface area contributed by atoms with Gasteiger partial charge in [-0.2, -0.15) is 0 Å². The fourth-order valence-corrected chi connectivity index (χ4v) is 0.829. The summed E-state index contributed by atoms with van der Waals surface area (Å²) in [6, 6.07) is 9.68. The van der Waals surface area contributed by atoms with Crippen LogP contribution in [0.2, 0.25) is 0 Å². The second-order valence-corrected chi connectivity index (χ2v) is 2.43. The second-order valence-electron chi connectivity index (χ2n) is 2.43. The topological polar surface area (TPSA) is 32.3 Å². The lowest BCUT2D eigenvalue weighted by Gasteiger charge is -2.10. The maximum atomic E-state index is 9.20. The lowest BCUT2D eigenvalue weighted by Crippen LogP contribution is -2.16. The number of nitrogens with one attached hydrogen (secondary N) is 1. The van der Waals surface area contributed by atoms with Crippen LogP contribution in [0.25, 0.3) is 0 Å². The molecule has 1 aromatic carbocycles. The third-order valence-electron chi connectivity index (χ3n) is 1.49. The molecule has 0 saturated carbocycles. The fraction of sp³-hybridized carbons (Fsp3) is 0.333. The van der Waals surface area contributed by atoms with Crippen molar-refractivity contribution < 1.29 is 5.11 Å². The molecule has 13 heavy (non-hydrogen) atoms. The van der Waals surface area contributed by atoms with E-state index in [0.29, 0.717) is 0 Å². The highest BCUT2D eigenvalue weighted by Gasteiger charge is 1.97. The lowest BCUT2D eigenvalue weighted by atomic mass is 10.3. The maximum Gasteiger partial charge on any atom is 0.124 e. The zero-order valence-electron chi connectivity index (χ0n) is 7.43. The largest absolute Gasteiger partial charge is 0.374 e. The molecule has 0 aromatic heterocycles. The van der Waals surface area contributed by atoms with Crippen LogP contribution in [0.3, 0.4) is 0 Å². The number of para-hydroxylation sites is 1. The van der Waals surface area contributed by atoms with Crippen LogP contribution in [0, 0.1) is 0 Å². The lowest BCUT2D eigenvalue weighted by molar-refractivity contribution is 0.199. The Balaban J connectivity index is 0. The number of hydrogen-bond donors (Lipinski definition) is 2. The van der Waals surface area contributed by atoms with Gasteiger partial charge < -0.3 is 10.4 Å². The summed E-state index contributed by atoms with van der Waals surface area (Å²) < 4.78 is 0. The van der Waals surface area contributed by atoms with E-state index in [1.807, 2.05) is 37.3 Å². The number of anilines is 1. The van der Waals surface area contributed by atoms with E-state index in [9.17, 15) is 5.11 Å². The molecule has 0 heterocycles. The van der Waals surface area contributed by atoms with Gasteiger partial charge in [0.1, 0.15) is 6.23 Å². The van der Waals surface area contributed by atoms with E-state index in [1.54, 1.807) is 0 Å². The van der Waals surface area contributed by atoms with Gasteiger partial charge in [-0.25, -0.2) is 0 Å². The van der Waals surface area contributed by atoms with E-state index in [4.69, 9.17) is 0 Å². The predicted molar refractivity (Wildman–Crippen MR) is 60.9 cm³/mol. The Kier molecular flexibility index (Phi) is 9.46. The summed E-state index contributed by atoms with van der Waals surface area (Å²) in [5.41, 5.74) is 0.960. The summed E-state index contributed by atoms with van der Waals surface area (Å²) in [5, 5.41) is 12.1. The zero-order chi connectivity index (χ0) is 8.10. The highest BCUT2D eigenvalue weighted by molar-refractivity contribution is 5.85. The first-order valence-electron chi connectivity index (χ1n) is 3.82. The molecular formula is C9H15Cl2NO. The molecule has 0 aliphatic carbocycles. The van der Waals surface area contributed by atoms with Crippen LogP contribution in [0.1, 0.15) is 13.3 Å². The van der Waals surface area contributed by atoms with E-state index in [2.05, 4.69) is 5.32 Å². The maximum absolute atomic E-state index is 9.20. The number of benzene rings is 1. The van der Waals surface area contributed by atoms with Crippen LogP contribution in [0.5, 0.6) is 0 Å². The van der Waals surface area contributed by atoms with Gasteiger partial charge >= 0.3 is 0 Å². The normalized spacial score (nSPS) is 10.6. The number of aliphatic hydroxyl groups excluding tert-OH is 1. The number of rotatable bonds is 3. The van der Waals surface area contributed by atoms with Gasteiger partial charge in [0, 0.05) is 5.69 Å². The van der Waals surface area contributed by atoms with E-state index < -0.39 is 6.23 Å². The first-order valence-corrected chi connectivity index (χ1v) is 3.82. The molecule has 2 N–H and O–H groups in total. The Bertz CT molecular complexity index is 206. The smallest absolute Gasteiger partial charge is 0.124 e. The molecule has 1 rings (SSSR count). The molecule has 1 aromatic rings. The summed E-state index contributed by atoms with van der Waals surface area (Å²) >= 11 is 0. The SMILES string of the molecule is CCC(O)Nc1ccccc1.Cl.Cl. The quantitative estimate of drug-likeness (QED) is 0.773. The molecule has 0 bridgehead atoms. The first-order chi connectivity index (χ1) is 5.33. The predicted octanol–water partition coefficient (Wildman–Crippen LogP) is 2.67. The van der Waals surface area contributed by atoms with E-state index >= 15 is 0 Å². The minimum Gasteiger partial charge on any atom is -0.374 e. The van der Waals surface area contributed by atoms with Crippen molar-refractivity contribution in [2.24, 2.45) is 0 Å². The van der Waals surface area contributed by atoms with Gasteiger partial charge in [0.2, 0.25) is 0 Å². The third-order valence-corrected chi connectivity index (χ3v) is 1.49. The Hall–Kier alpha value is -0.440. The summed E-state index contributed by atoms with van der Waals surface area (Å²) in [7, 11) is 0. The van der Waals surface area contributed by atoms with Crippen LogP contribution in [-0.4, -0.2) is 11.3 Å². The molecule has 4 heteroatoms. The van der Waals surface area contributed by atoms with Gasteiger partial charge in [-0.1, -0.05) is 25.1 Å². The minimum absolute atomic E-state index is 0. The molecule has 0 aliphatic heterocycles. The third kappa shape index (κ3) is 5.75.